The van der Waals surface area contributed by atoms with Gasteiger partial charge in [0.1, 0.15) is 5.69 Å². The fraction of sp³-hybridized carbons (Fsp3) is 0.158. The number of fused-ring (bicyclic) bond motifs is 1. The molecule has 124 valence electrons. The Morgan fingerprint density at radius 3 is 2.52 bits per heavy atom. The maximum Gasteiger partial charge on any atom is 0.207 e. The summed E-state index contributed by atoms with van der Waals surface area (Å²) in [7, 11) is 0. The fourth-order valence-electron chi connectivity index (χ4n) is 2.64. The summed E-state index contributed by atoms with van der Waals surface area (Å²) in [6.45, 7) is 2.46. The number of rotatable bonds is 6. The number of aromatic nitrogens is 2. The van der Waals surface area contributed by atoms with Crippen molar-refractivity contribution in [2.75, 3.05) is 11.9 Å². The smallest absolute Gasteiger partial charge is 0.207 e. The van der Waals surface area contributed by atoms with Crippen molar-refractivity contribution in [3.63, 3.8) is 0 Å². The van der Waals surface area contributed by atoms with Crippen LogP contribution in [0.25, 0.3) is 22.0 Å². The first-order valence-electron chi connectivity index (χ1n) is 7.92. The second-order valence-corrected chi connectivity index (χ2v) is 5.70. The number of hydrogen-bond acceptors (Lipinski definition) is 5. The summed E-state index contributed by atoms with van der Waals surface area (Å²) in [6.07, 6.45) is 0.677. The highest BCUT2D eigenvalue weighted by Gasteiger charge is 2.12. The summed E-state index contributed by atoms with van der Waals surface area (Å²) in [4.78, 5) is 10.4. The normalized spacial score (nSPS) is 11.5. The molecule has 0 aliphatic rings. The maximum atomic E-state index is 10.4. The molecule has 0 aliphatic carbocycles. The third-order valence-electron chi connectivity index (χ3n) is 3.87. The molecule has 6 heteroatoms. The monoisotopic (exact) mass is 331 g/mol. The molecule has 1 atom stereocenters. The zero-order valence-corrected chi connectivity index (χ0v) is 13.7. The SMILES string of the molecule is C[C@@H](CNC=O)Nc1nnc(-c2ccc(C#N)cc2)c2ccccc12. The molecule has 2 N–H and O–H groups in total. The van der Waals surface area contributed by atoms with Crippen LogP contribution in [-0.4, -0.2) is 29.2 Å². The Bertz CT molecular complexity index is 931. The van der Waals surface area contributed by atoms with Gasteiger partial charge in [-0.3, -0.25) is 4.79 Å². The van der Waals surface area contributed by atoms with Crippen molar-refractivity contribution in [3.8, 4) is 17.3 Å². The highest BCUT2D eigenvalue weighted by Crippen LogP contribution is 2.29. The molecule has 1 heterocycles. The molecule has 0 radical (unpaired) electrons. The van der Waals surface area contributed by atoms with E-state index in [0.29, 0.717) is 24.3 Å². The van der Waals surface area contributed by atoms with Gasteiger partial charge in [-0.15, -0.1) is 10.2 Å². The zero-order chi connectivity index (χ0) is 17.6. The minimum atomic E-state index is 0.0173. The molecule has 3 rings (SSSR count). The molecule has 0 saturated carbocycles. The van der Waals surface area contributed by atoms with E-state index in [0.717, 1.165) is 22.0 Å². The van der Waals surface area contributed by atoms with Gasteiger partial charge in [0.05, 0.1) is 11.6 Å². The number of hydrogen-bond donors (Lipinski definition) is 2. The second kappa shape index (κ2) is 7.41. The topological polar surface area (TPSA) is 90.7 Å². The Balaban J connectivity index is 2.01. The predicted molar refractivity (Wildman–Crippen MR) is 96.8 cm³/mol. The largest absolute Gasteiger partial charge is 0.364 e. The fourth-order valence-corrected chi connectivity index (χ4v) is 2.64. The van der Waals surface area contributed by atoms with E-state index in [-0.39, 0.29) is 6.04 Å². The summed E-state index contributed by atoms with van der Waals surface area (Å²) in [5.74, 6) is 0.674. The average molecular weight is 331 g/mol. The molecule has 6 nitrogen and oxygen atoms in total. The third kappa shape index (κ3) is 3.56. The van der Waals surface area contributed by atoms with E-state index in [2.05, 4.69) is 26.9 Å². The molecule has 0 spiro atoms. The van der Waals surface area contributed by atoms with Crippen LogP contribution >= 0.6 is 0 Å². The molecule has 0 saturated heterocycles. The number of carbonyl (C=O) groups excluding carboxylic acids is 1. The van der Waals surface area contributed by atoms with Gasteiger partial charge >= 0.3 is 0 Å². The van der Waals surface area contributed by atoms with E-state index >= 15 is 0 Å². The van der Waals surface area contributed by atoms with Crippen LogP contribution in [0.3, 0.4) is 0 Å². The number of benzene rings is 2. The molecule has 0 aliphatic heterocycles. The zero-order valence-electron chi connectivity index (χ0n) is 13.7. The van der Waals surface area contributed by atoms with Crippen molar-refractivity contribution < 1.29 is 4.79 Å². The molecular weight excluding hydrogens is 314 g/mol. The van der Waals surface area contributed by atoms with E-state index in [4.69, 9.17) is 5.26 Å². The molecule has 0 unspecified atom stereocenters. The van der Waals surface area contributed by atoms with Gasteiger partial charge in [0.25, 0.3) is 0 Å². The molecule has 1 aromatic heterocycles. The van der Waals surface area contributed by atoms with Crippen molar-refractivity contribution >= 4 is 23.0 Å². The van der Waals surface area contributed by atoms with Gasteiger partial charge in [-0.2, -0.15) is 5.26 Å². The Morgan fingerprint density at radius 2 is 1.84 bits per heavy atom. The Morgan fingerprint density at radius 1 is 1.12 bits per heavy atom. The van der Waals surface area contributed by atoms with Gasteiger partial charge in [0, 0.05) is 28.9 Å². The van der Waals surface area contributed by atoms with Crippen molar-refractivity contribution in [2.24, 2.45) is 0 Å². The van der Waals surface area contributed by atoms with Gasteiger partial charge in [0.2, 0.25) is 6.41 Å². The molecule has 3 aromatic rings. The predicted octanol–water partition coefficient (Wildman–Crippen LogP) is 2.71. The van der Waals surface area contributed by atoms with Crippen LogP contribution in [0.15, 0.2) is 48.5 Å². The molecule has 1 amide bonds. The molecule has 25 heavy (non-hydrogen) atoms. The van der Waals surface area contributed by atoms with Crippen LogP contribution < -0.4 is 10.6 Å². The lowest BCUT2D eigenvalue weighted by molar-refractivity contribution is -0.109. The van der Waals surface area contributed by atoms with Gasteiger partial charge in [0.15, 0.2) is 5.82 Å². The van der Waals surface area contributed by atoms with Crippen molar-refractivity contribution in [1.29, 1.82) is 5.26 Å². The van der Waals surface area contributed by atoms with E-state index in [9.17, 15) is 4.79 Å². The first kappa shape index (κ1) is 16.4. The molecule has 0 bridgehead atoms. The van der Waals surface area contributed by atoms with Crippen LogP contribution in [0.1, 0.15) is 12.5 Å². The molecule has 0 fully saturated rings. The van der Waals surface area contributed by atoms with E-state index in [1.807, 2.05) is 43.3 Å². The van der Waals surface area contributed by atoms with Gasteiger partial charge in [-0.05, 0) is 19.1 Å². The van der Waals surface area contributed by atoms with Crippen LogP contribution in [-0.2, 0) is 4.79 Å². The summed E-state index contributed by atoms with van der Waals surface area (Å²) >= 11 is 0. The lowest BCUT2D eigenvalue weighted by Crippen LogP contribution is -2.30. The van der Waals surface area contributed by atoms with Gasteiger partial charge in [-0.1, -0.05) is 36.4 Å². The van der Waals surface area contributed by atoms with Crippen molar-refractivity contribution in [3.05, 3.63) is 54.1 Å². The third-order valence-corrected chi connectivity index (χ3v) is 3.87. The van der Waals surface area contributed by atoms with Crippen LogP contribution in [0.2, 0.25) is 0 Å². The number of nitrogens with zero attached hydrogens (tertiary/aromatic N) is 3. The van der Waals surface area contributed by atoms with Crippen molar-refractivity contribution in [2.45, 2.75) is 13.0 Å². The van der Waals surface area contributed by atoms with Crippen LogP contribution in [0, 0.1) is 11.3 Å². The first-order chi connectivity index (χ1) is 12.2. The Labute approximate surface area is 145 Å². The highest BCUT2D eigenvalue weighted by molar-refractivity contribution is 6.00. The van der Waals surface area contributed by atoms with Crippen LogP contribution in [0.5, 0.6) is 0 Å². The molecular formula is C19H17N5O. The minimum Gasteiger partial charge on any atom is -0.364 e. The summed E-state index contributed by atoms with van der Waals surface area (Å²) < 4.78 is 0. The standard InChI is InChI=1S/C19H17N5O/c1-13(11-21-12-25)22-19-17-5-3-2-4-16(17)18(23-24-19)15-8-6-14(10-20)7-9-15/h2-9,12-13H,11H2,1H3,(H,21,25)(H,22,24)/t13-/m0/s1. The number of nitrogens with one attached hydrogen (secondary N) is 2. The highest BCUT2D eigenvalue weighted by atomic mass is 16.1. The quantitative estimate of drug-likeness (QED) is 0.678. The van der Waals surface area contributed by atoms with Gasteiger partial charge < -0.3 is 10.6 Å². The Kier molecular flexibility index (Phi) is 4.86. The van der Waals surface area contributed by atoms with E-state index in [1.54, 1.807) is 12.1 Å². The van der Waals surface area contributed by atoms with E-state index < -0.39 is 0 Å². The maximum absolute atomic E-state index is 10.4. The van der Waals surface area contributed by atoms with E-state index in [1.165, 1.54) is 0 Å². The summed E-state index contributed by atoms with van der Waals surface area (Å²) in [6, 6.07) is 17.3. The summed E-state index contributed by atoms with van der Waals surface area (Å²) in [5.41, 5.74) is 2.28. The first-order valence-corrected chi connectivity index (χ1v) is 7.92. The number of carbonyl (C=O) groups is 1. The lowest BCUT2D eigenvalue weighted by atomic mass is 10.0. The average Bonchev–Trinajstić information content (AvgIpc) is 2.67. The molecule has 2 aromatic carbocycles. The number of nitriles is 1. The van der Waals surface area contributed by atoms with Gasteiger partial charge in [-0.25, -0.2) is 0 Å². The van der Waals surface area contributed by atoms with Crippen LogP contribution in [0.4, 0.5) is 5.82 Å². The summed E-state index contributed by atoms with van der Waals surface area (Å²) in [5, 5.41) is 25.5. The number of anilines is 1. The number of amides is 1. The minimum absolute atomic E-state index is 0.0173. The second-order valence-electron chi connectivity index (χ2n) is 5.70. The van der Waals surface area contributed by atoms with Crippen molar-refractivity contribution in [1.82, 2.24) is 15.5 Å². The Hall–Kier alpha value is -3.46. The lowest BCUT2D eigenvalue weighted by Gasteiger charge is -2.16.